The third-order valence-corrected chi connectivity index (χ3v) is 5.52. The normalized spacial score (nSPS) is 19.7. The Kier molecular flexibility index (Phi) is 9.96. The van der Waals surface area contributed by atoms with E-state index < -0.39 is 11.8 Å². The fourth-order valence-electron chi connectivity index (χ4n) is 3.68. The largest absolute Gasteiger partial charge is 0.465 e. The number of ether oxygens (including phenoxy) is 2. The van der Waals surface area contributed by atoms with Gasteiger partial charge in [0.25, 0.3) is 0 Å². The molecule has 0 saturated heterocycles. The van der Waals surface area contributed by atoms with Gasteiger partial charge in [-0.05, 0) is 37.7 Å². The summed E-state index contributed by atoms with van der Waals surface area (Å²) in [5.74, 6) is -0.762. The number of unbranched alkanes of at least 4 members (excludes halogenated alkanes) is 3. The summed E-state index contributed by atoms with van der Waals surface area (Å²) in [6, 6.07) is 9.65. The molecule has 0 aromatic heterocycles. The van der Waals surface area contributed by atoms with E-state index in [9.17, 15) is 9.59 Å². The zero-order valence-electron chi connectivity index (χ0n) is 18.1. The second-order valence-corrected chi connectivity index (χ2v) is 8.41. The fourth-order valence-corrected chi connectivity index (χ4v) is 3.68. The zero-order chi connectivity index (χ0) is 21.1. The second-order valence-electron chi connectivity index (χ2n) is 8.41. The molecule has 2 rings (SSSR count). The monoisotopic (exact) mass is 400 g/mol. The van der Waals surface area contributed by atoms with Crippen LogP contribution in [-0.2, 0) is 19.1 Å². The maximum Gasteiger partial charge on any atom is 0.310 e. The summed E-state index contributed by atoms with van der Waals surface area (Å²) < 4.78 is 11.2. The van der Waals surface area contributed by atoms with Gasteiger partial charge in [0.15, 0.2) is 0 Å². The Balaban J connectivity index is 1.78. The van der Waals surface area contributed by atoms with Gasteiger partial charge in [-0.15, -0.1) is 0 Å². The van der Waals surface area contributed by atoms with Gasteiger partial charge in [0, 0.05) is 0 Å². The maximum atomic E-state index is 12.7. The molecule has 0 heterocycles. The van der Waals surface area contributed by atoms with Gasteiger partial charge in [0.1, 0.15) is 6.10 Å². The quantitative estimate of drug-likeness (QED) is 0.259. The van der Waals surface area contributed by atoms with E-state index in [1.807, 2.05) is 49.4 Å². The highest BCUT2D eigenvalue weighted by Gasteiger charge is 2.36. The minimum atomic E-state index is -0.468. The Bertz CT molecular complexity index is 650. The lowest BCUT2D eigenvalue weighted by Gasteiger charge is -2.26. The Morgan fingerprint density at radius 1 is 0.897 bits per heavy atom. The van der Waals surface area contributed by atoms with Crippen LogP contribution in [0.25, 0.3) is 0 Å². The molecule has 0 spiro atoms. The maximum absolute atomic E-state index is 12.7. The fraction of sp³-hybridized carbons (Fsp3) is 0.600. The Labute approximate surface area is 175 Å². The molecule has 0 saturated carbocycles. The van der Waals surface area contributed by atoms with Crippen LogP contribution < -0.4 is 0 Å². The van der Waals surface area contributed by atoms with Crippen LogP contribution in [0.4, 0.5) is 0 Å². The highest BCUT2D eigenvalue weighted by Crippen LogP contribution is 2.30. The van der Waals surface area contributed by atoms with Crippen LogP contribution in [0.5, 0.6) is 0 Å². The zero-order valence-corrected chi connectivity index (χ0v) is 18.1. The summed E-state index contributed by atoms with van der Waals surface area (Å²) in [5.41, 5.74) is 0.948. The minimum Gasteiger partial charge on any atom is -0.465 e. The van der Waals surface area contributed by atoms with Crippen molar-refractivity contribution in [2.45, 2.75) is 71.8 Å². The molecule has 1 aliphatic rings. The van der Waals surface area contributed by atoms with Crippen LogP contribution in [0.15, 0.2) is 42.5 Å². The summed E-state index contributed by atoms with van der Waals surface area (Å²) in [5, 5.41) is 0. The molecule has 0 bridgehead atoms. The molecule has 1 aromatic carbocycles. The van der Waals surface area contributed by atoms with E-state index in [2.05, 4.69) is 13.8 Å². The number of esters is 2. The number of benzene rings is 1. The number of carbonyl (C=O) groups is 2. The third-order valence-electron chi connectivity index (χ3n) is 5.52. The van der Waals surface area contributed by atoms with Gasteiger partial charge in [-0.2, -0.15) is 0 Å². The molecule has 0 amide bonds. The number of rotatable bonds is 11. The minimum absolute atomic E-state index is 0.272. The van der Waals surface area contributed by atoms with Crippen molar-refractivity contribution >= 4 is 11.9 Å². The van der Waals surface area contributed by atoms with Gasteiger partial charge in [-0.3, -0.25) is 9.59 Å². The molecule has 0 aliphatic heterocycles. The molecular formula is C25H36O4. The SMILES string of the molecule is CC(C)CCCCCCOC(=O)C1CC=CCC1C(=O)OC(C)c1ccccc1. The lowest BCUT2D eigenvalue weighted by molar-refractivity contribution is -0.164. The van der Waals surface area contributed by atoms with Crippen LogP contribution in [0.1, 0.15) is 77.4 Å². The number of carbonyl (C=O) groups excluding carboxylic acids is 2. The predicted molar refractivity (Wildman–Crippen MR) is 115 cm³/mol. The first kappa shape index (κ1) is 23.2. The average Bonchev–Trinajstić information content (AvgIpc) is 2.73. The first-order valence-electron chi connectivity index (χ1n) is 11.1. The van der Waals surface area contributed by atoms with Crippen molar-refractivity contribution in [2.75, 3.05) is 6.61 Å². The van der Waals surface area contributed by atoms with E-state index in [0.29, 0.717) is 19.4 Å². The summed E-state index contributed by atoms with van der Waals surface area (Å²) in [4.78, 5) is 25.3. The molecule has 3 unspecified atom stereocenters. The first-order chi connectivity index (χ1) is 14.0. The van der Waals surface area contributed by atoms with E-state index in [4.69, 9.17) is 9.47 Å². The van der Waals surface area contributed by atoms with Crippen LogP contribution in [0, 0.1) is 17.8 Å². The van der Waals surface area contributed by atoms with Crippen molar-refractivity contribution in [3.63, 3.8) is 0 Å². The Morgan fingerprint density at radius 2 is 1.52 bits per heavy atom. The molecule has 1 aliphatic carbocycles. The summed E-state index contributed by atoms with van der Waals surface area (Å²) >= 11 is 0. The summed E-state index contributed by atoms with van der Waals surface area (Å²) in [7, 11) is 0. The van der Waals surface area contributed by atoms with Crippen molar-refractivity contribution in [3.8, 4) is 0 Å². The molecule has 160 valence electrons. The van der Waals surface area contributed by atoms with E-state index >= 15 is 0 Å². The summed E-state index contributed by atoms with van der Waals surface area (Å²) in [6.07, 6.45) is 10.2. The van der Waals surface area contributed by atoms with Crippen LogP contribution >= 0.6 is 0 Å². The van der Waals surface area contributed by atoms with Gasteiger partial charge in [-0.1, -0.05) is 82.0 Å². The van der Waals surface area contributed by atoms with Crippen molar-refractivity contribution in [3.05, 3.63) is 48.0 Å². The topological polar surface area (TPSA) is 52.6 Å². The number of allylic oxidation sites excluding steroid dienone is 2. The van der Waals surface area contributed by atoms with Crippen LogP contribution in [0.2, 0.25) is 0 Å². The van der Waals surface area contributed by atoms with E-state index in [0.717, 1.165) is 24.3 Å². The van der Waals surface area contributed by atoms with E-state index in [-0.39, 0.29) is 18.0 Å². The molecule has 29 heavy (non-hydrogen) atoms. The van der Waals surface area contributed by atoms with Gasteiger partial charge >= 0.3 is 11.9 Å². The smallest absolute Gasteiger partial charge is 0.310 e. The standard InChI is InChI=1S/C25H36O4/c1-19(2)13-7-4-5-12-18-28-24(26)22-16-10-11-17-23(22)25(27)29-20(3)21-14-8-6-9-15-21/h6,8-11,14-15,19-20,22-23H,4-5,7,12-13,16-18H2,1-3H3. The lowest BCUT2D eigenvalue weighted by atomic mass is 9.83. The lowest BCUT2D eigenvalue weighted by Crippen LogP contribution is -2.34. The molecule has 4 nitrogen and oxygen atoms in total. The van der Waals surface area contributed by atoms with Crippen molar-refractivity contribution in [2.24, 2.45) is 17.8 Å². The van der Waals surface area contributed by atoms with Crippen molar-refractivity contribution < 1.29 is 19.1 Å². The number of hydrogen-bond acceptors (Lipinski definition) is 4. The molecule has 0 N–H and O–H groups in total. The van der Waals surface area contributed by atoms with Crippen molar-refractivity contribution in [1.29, 1.82) is 0 Å². The van der Waals surface area contributed by atoms with Crippen LogP contribution in [0.3, 0.4) is 0 Å². The van der Waals surface area contributed by atoms with Crippen LogP contribution in [-0.4, -0.2) is 18.5 Å². The molecule has 4 heteroatoms. The van der Waals surface area contributed by atoms with Gasteiger partial charge in [-0.25, -0.2) is 0 Å². The van der Waals surface area contributed by atoms with Gasteiger partial charge in [0.05, 0.1) is 18.4 Å². The molecule has 0 radical (unpaired) electrons. The molecule has 0 fully saturated rings. The van der Waals surface area contributed by atoms with Gasteiger partial charge in [0.2, 0.25) is 0 Å². The number of hydrogen-bond donors (Lipinski definition) is 0. The average molecular weight is 401 g/mol. The highest BCUT2D eigenvalue weighted by molar-refractivity contribution is 5.83. The highest BCUT2D eigenvalue weighted by atomic mass is 16.5. The molecular weight excluding hydrogens is 364 g/mol. The third kappa shape index (κ3) is 8.04. The molecule has 3 atom stereocenters. The van der Waals surface area contributed by atoms with E-state index in [1.54, 1.807) is 0 Å². The summed E-state index contributed by atoms with van der Waals surface area (Å²) in [6.45, 7) is 6.77. The molecule has 1 aromatic rings. The van der Waals surface area contributed by atoms with Gasteiger partial charge < -0.3 is 9.47 Å². The van der Waals surface area contributed by atoms with Crippen molar-refractivity contribution in [1.82, 2.24) is 0 Å². The Morgan fingerprint density at radius 3 is 2.17 bits per heavy atom. The first-order valence-corrected chi connectivity index (χ1v) is 11.1. The Hall–Kier alpha value is -2.10. The van der Waals surface area contributed by atoms with E-state index in [1.165, 1.54) is 19.3 Å². The second kappa shape index (κ2) is 12.5. The predicted octanol–water partition coefficient (Wildman–Crippen LogP) is 6.02.